The van der Waals surface area contributed by atoms with E-state index >= 15 is 0 Å². The molecule has 1 fully saturated rings. The first-order valence-electron chi connectivity index (χ1n) is 7.37. The molecule has 0 saturated carbocycles. The maximum absolute atomic E-state index is 12.1. The van der Waals surface area contributed by atoms with Gasteiger partial charge in [-0.15, -0.1) is 10.2 Å². The van der Waals surface area contributed by atoms with Crippen LogP contribution in [0.25, 0.3) is 0 Å². The molecule has 2 rings (SSSR count). The van der Waals surface area contributed by atoms with Gasteiger partial charge in [0.25, 0.3) is 5.91 Å². The highest BCUT2D eigenvalue weighted by atomic mass is 32.1. The van der Waals surface area contributed by atoms with Crippen LogP contribution in [0.1, 0.15) is 30.1 Å². The smallest absolute Gasteiger partial charge is 0.282 e. The Hall–Kier alpha value is -1.25. The van der Waals surface area contributed by atoms with Gasteiger partial charge in [-0.2, -0.15) is 0 Å². The predicted octanol–water partition coefficient (Wildman–Crippen LogP) is 0.811. The molecule has 2 heterocycles. The van der Waals surface area contributed by atoms with Gasteiger partial charge in [0.2, 0.25) is 10.1 Å². The second kappa shape index (κ2) is 8.26. The van der Waals surface area contributed by atoms with E-state index in [9.17, 15) is 4.79 Å². The van der Waals surface area contributed by atoms with Crippen LogP contribution in [-0.4, -0.2) is 66.4 Å². The van der Waals surface area contributed by atoms with Crippen molar-refractivity contribution in [1.29, 1.82) is 0 Å². The zero-order chi connectivity index (χ0) is 15.1. The summed E-state index contributed by atoms with van der Waals surface area (Å²) in [5, 5.41) is 15.1. The zero-order valence-corrected chi connectivity index (χ0v) is 13.4. The van der Waals surface area contributed by atoms with Gasteiger partial charge in [0.15, 0.2) is 0 Å². The van der Waals surface area contributed by atoms with E-state index in [-0.39, 0.29) is 11.9 Å². The molecule has 0 radical (unpaired) electrons. The average Bonchev–Trinajstić information content (AvgIpc) is 2.95. The number of ether oxygens (including phenoxy) is 1. The topological polar surface area (TPSA) is 79.4 Å². The molecule has 0 aromatic carbocycles. The Morgan fingerprint density at radius 1 is 1.43 bits per heavy atom. The minimum atomic E-state index is -0.155. The number of carbonyl (C=O) groups is 1. The van der Waals surface area contributed by atoms with Gasteiger partial charge in [0, 0.05) is 32.2 Å². The molecule has 0 aliphatic carbocycles. The van der Waals surface area contributed by atoms with Crippen LogP contribution in [0.2, 0.25) is 0 Å². The van der Waals surface area contributed by atoms with E-state index < -0.39 is 0 Å². The molecule has 7 nitrogen and oxygen atoms in total. The van der Waals surface area contributed by atoms with E-state index in [4.69, 9.17) is 4.74 Å². The summed E-state index contributed by atoms with van der Waals surface area (Å²) in [4.78, 5) is 14.4. The Balaban J connectivity index is 1.78. The Labute approximate surface area is 129 Å². The molecule has 1 unspecified atom stereocenters. The van der Waals surface area contributed by atoms with Crippen molar-refractivity contribution in [3.8, 4) is 0 Å². The maximum Gasteiger partial charge on any atom is 0.282 e. The number of morpholine rings is 1. The minimum Gasteiger partial charge on any atom is -0.379 e. The maximum atomic E-state index is 12.1. The fourth-order valence-corrected chi connectivity index (χ4v) is 2.79. The fourth-order valence-electron chi connectivity index (χ4n) is 2.12. The number of nitrogens with zero attached hydrogens (tertiary/aromatic N) is 3. The number of aromatic nitrogens is 2. The van der Waals surface area contributed by atoms with Crippen LogP contribution < -0.4 is 10.6 Å². The summed E-state index contributed by atoms with van der Waals surface area (Å²) in [5.41, 5.74) is 0. The zero-order valence-electron chi connectivity index (χ0n) is 12.6. The highest BCUT2D eigenvalue weighted by Crippen LogP contribution is 2.15. The molecule has 0 spiro atoms. The molecular formula is C13H23N5O2S. The quantitative estimate of drug-likeness (QED) is 0.775. The van der Waals surface area contributed by atoms with E-state index in [2.05, 4.69) is 32.7 Å². The number of nitrogens with one attached hydrogen (secondary N) is 2. The molecule has 1 atom stereocenters. The number of hydrogen-bond acceptors (Lipinski definition) is 7. The Morgan fingerprint density at radius 2 is 2.19 bits per heavy atom. The van der Waals surface area contributed by atoms with Gasteiger partial charge >= 0.3 is 0 Å². The molecule has 1 saturated heterocycles. The summed E-state index contributed by atoms with van der Waals surface area (Å²) >= 11 is 1.29. The second-order valence-corrected chi connectivity index (χ2v) is 6.10. The number of hydrogen-bond donors (Lipinski definition) is 2. The molecule has 1 aliphatic rings. The standard InChI is InChI=1S/C13H23N5O2S/c1-3-4-14-13-17-16-12(21-13)11(19)15-10(2)9-18-5-7-20-8-6-18/h10H,3-9H2,1-2H3,(H,14,17)(H,15,19). The van der Waals surface area contributed by atoms with Gasteiger partial charge in [-0.25, -0.2) is 0 Å². The largest absolute Gasteiger partial charge is 0.379 e. The highest BCUT2D eigenvalue weighted by Gasteiger charge is 2.18. The number of carbonyl (C=O) groups excluding carboxylic acids is 1. The van der Waals surface area contributed by atoms with Crippen molar-refractivity contribution in [2.45, 2.75) is 26.3 Å². The molecule has 21 heavy (non-hydrogen) atoms. The van der Waals surface area contributed by atoms with Crippen LogP contribution in [0.15, 0.2) is 0 Å². The lowest BCUT2D eigenvalue weighted by atomic mass is 10.3. The molecule has 1 amide bonds. The molecule has 118 valence electrons. The van der Waals surface area contributed by atoms with E-state index in [1.807, 2.05) is 6.92 Å². The summed E-state index contributed by atoms with van der Waals surface area (Å²) in [5.74, 6) is -0.155. The van der Waals surface area contributed by atoms with Crippen LogP contribution >= 0.6 is 11.3 Å². The second-order valence-electron chi connectivity index (χ2n) is 5.13. The van der Waals surface area contributed by atoms with Crippen LogP contribution in [0.5, 0.6) is 0 Å². The van der Waals surface area contributed by atoms with Crippen molar-refractivity contribution in [1.82, 2.24) is 20.4 Å². The molecular weight excluding hydrogens is 290 g/mol. The van der Waals surface area contributed by atoms with Gasteiger partial charge in [-0.3, -0.25) is 9.69 Å². The van der Waals surface area contributed by atoms with Gasteiger partial charge in [-0.05, 0) is 13.3 Å². The summed E-state index contributed by atoms with van der Waals surface area (Å²) in [7, 11) is 0. The predicted molar refractivity (Wildman–Crippen MR) is 82.9 cm³/mol. The third-order valence-electron chi connectivity index (χ3n) is 3.16. The Bertz CT molecular complexity index is 448. The van der Waals surface area contributed by atoms with E-state index in [0.717, 1.165) is 45.8 Å². The van der Waals surface area contributed by atoms with Crippen molar-refractivity contribution in [2.75, 3.05) is 44.7 Å². The van der Waals surface area contributed by atoms with Crippen LogP contribution in [0.3, 0.4) is 0 Å². The molecule has 1 aromatic heterocycles. The molecule has 0 bridgehead atoms. The summed E-state index contributed by atoms with van der Waals surface area (Å²) < 4.78 is 5.31. The van der Waals surface area contributed by atoms with Crippen molar-refractivity contribution in [3.05, 3.63) is 5.01 Å². The summed E-state index contributed by atoms with van der Waals surface area (Å²) in [6.07, 6.45) is 1.01. The third-order valence-corrected chi connectivity index (χ3v) is 4.04. The lowest BCUT2D eigenvalue weighted by Gasteiger charge is -2.29. The first kappa shape index (κ1) is 16.1. The highest BCUT2D eigenvalue weighted by molar-refractivity contribution is 7.17. The normalized spacial score (nSPS) is 17.4. The van der Waals surface area contributed by atoms with Crippen LogP contribution in [-0.2, 0) is 4.74 Å². The van der Waals surface area contributed by atoms with Crippen molar-refractivity contribution < 1.29 is 9.53 Å². The monoisotopic (exact) mass is 313 g/mol. The fraction of sp³-hybridized carbons (Fsp3) is 0.769. The van der Waals surface area contributed by atoms with Crippen LogP contribution in [0.4, 0.5) is 5.13 Å². The van der Waals surface area contributed by atoms with Gasteiger partial charge in [0.05, 0.1) is 13.2 Å². The van der Waals surface area contributed by atoms with E-state index in [0.29, 0.717) is 10.1 Å². The van der Waals surface area contributed by atoms with Crippen molar-refractivity contribution in [3.63, 3.8) is 0 Å². The number of amides is 1. The van der Waals surface area contributed by atoms with Crippen LogP contribution in [0, 0.1) is 0 Å². The van der Waals surface area contributed by atoms with E-state index in [1.54, 1.807) is 0 Å². The van der Waals surface area contributed by atoms with Crippen molar-refractivity contribution in [2.24, 2.45) is 0 Å². The molecule has 2 N–H and O–H groups in total. The third kappa shape index (κ3) is 5.22. The lowest BCUT2D eigenvalue weighted by molar-refractivity contribution is 0.0342. The van der Waals surface area contributed by atoms with Gasteiger partial charge < -0.3 is 15.4 Å². The number of anilines is 1. The minimum absolute atomic E-state index is 0.0755. The lowest BCUT2D eigenvalue weighted by Crippen LogP contribution is -2.46. The molecule has 1 aliphatic heterocycles. The first-order valence-corrected chi connectivity index (χ1v) is 8.19. The average molecular weight is 313 g/mol. The molecule has 8 heteroatoms. The SMILES string of the molecule is CCCNc1nnc(C(=O)NC(C)CN2CCOCC2)s1. The van der Waals surface area contributed by atoms with E-state index in [1.165, 1.54) is 11.3 Å². The van der Waals surface area contributed by atoms with Gasteiger partial charge in [-0.1, -0.05) is 18.3 Å². The Morgan fingerprint density at radius 3 is 2.90 bits per heavy atom. The first-order chi connectivity index (χ1) is 10.2. The summed E-state index contributed by atoms with van der Waals surface area (Å²) in [6.45, 7) is 9.12. The molecule has 1 aromatic rings. The summed E-state index contributed by atoms with van der Waals surface area (Å²) in [6, 6.07) is 0.0755. The van der Waals surface area contributed by atoms with Gasteiger partial charge in [0.1, 0.15) is 0 Å². The number of rotatable bonds is 7. The Kier molecular flexibility index (Phi) is 6.34. The van der Waals surface area contributed by atoms with Crippen molar-refractivity contribution >= 4 is 22.4 Å².